The van der Waals surface area contributed by atoms with Gasteiger partial charge in [-0.1, -0.05) is 12.1 Å². The van der Waals surface area contributed by atoms with E-state index in [1.807, 2.05) is 6.07 Å². The predicted octanol–water partition coefficient (Wildman–Crippen LogP) is 1.92. The van der Waals surface area contributed by atoms with Gasteiger partial charge in [0.15, 0.2) is 0 Å². The molecule has 2 heteroatoms. The highest BCUT2D eigenvalue weighted by Gasteiger charge is 2.46. The van der Waals surface area contributed by atoms with Crippen LogP contribution in [0.1, 0.15) is 30.4 Å². The Kier molecular flexibility index (Phi) is 1.62. The number of hydrogen-bond acceptors (Lipinski definition) is 2. The second kappa shape index (κ2) is 2.74. The first kappa shape index (κ1) is 8.30. The molecule has 0 amide bonds. The Bertz CT molecular complexity index is 369. The van der Waals surface area contributed by atoms with E-state index >= 15 is 0 Å². The molecule has 1 aromatic carbocycles. The third-order valence-corrected chi connectivity index (χ3v) is 3.48. The molecule has 0 atom stereocenters. The summed E-state index contributed by atoms with van der Waals surface area (Å²) in [6.07, 6.45) is 4.59. The molecule has 2 nitrogen and oxygen atoms in total. The van der Waals surface area contributed by atoms with Crippen molar-refractivity contribution in [1.29, 1.82) is 0 Å². The zero-order valence-corrected chi connectivity index (χ0v) is 8.21. The van der Waals surface area contributed by atoms with Gasteiger partial charge in [0.05, 0.1) is 0 Å². The molecule has 2 N–H and O–H groups in total. The lowest BCUT2D eigenvalue weighted by molar-refractivity contribution is 0.465. The molecular weight excluding hydrogens is 174 g/mol. The van der Waals surface area contributed by atoms with Gasteiger partial charge in [0.25, 0.3) is 0 Å². The van der Waals surface area contributed by atoms with Crippen LogP contribution in [-0.4, -0.2) is 11.7 Å². The average molecular weight is 189 g/mol. The zero-order chi connectivity index (χ0) is 9.60. The summed E-state index contributed by atoms with van der Waals surface area (Å²) in [5.74, 6) is 0.484. The molecule has 1 saturated carbocycles. The number of phenolic OH excluding ortho intramolecular Hbond substituents is 1. The van der Waals surface area contributed by atoms with Gasteiger partial charge in [0, 0.05) is 5.54 Å². The highest BCUT2D eigenvalue weighted by atomic mass is 16.3. The number of phenols is 1. The summed E-state index contributed by atoms with van der Waals surface area (Å²) in [5.41, 5.74) is 2.75. The minimum atomic E-state index is 0.227. The second-order valence-electron chi connectivity index (χ2n) is 4.42. The molecule has 0 radical (unpaired) electrons. The maximum absolute atomic E-state index is 9.81. The minimum absolute atomic E-state index is 0.227. The van der Waals surface area contributed by atoms with Crippen molar-refractivity contribution in [2.75, 3.05) is 6.54 Å². The number of rotatable bonds is 0. The van der Waals surface area contributed by atoms with E-state index in [2.05, 4.69) is 11.4 Å². The highest BCUT2D eigenvalue weighted by Crippen LogP contribution is 2.49. The maximum Gasteiger partial charge on any atom is 0.119 e. The number of fused-ring (bicyclic) bond motifs is 2. The van der Waals surface area contributed by atoms with Gasteiger partial charge < -0.3 is 10.4 Å². The van der Waals surface area contributed by atoms with Gasteiger partial charge in [-0.2, -0.15) is 0 Å². The van der Waals surface area contributed by atoms with E-state index in [1.165, 1.54) is 24.0 Å². The highest BCUT2D eigenvalue weighted by molar-refractivity contribution is 5.46. The lowest BCUT2D eigenvalue weighted by atomic mass is 9.96. The van der Waals surface area contributed by atoms with Gasteiger partial charge >= 0.3 is 0 Å². The number of hydrogen-bond donors (Lipinski definition) is 2. The summed E-state index contributed by atoms with van der Waals surface area (Å²) in [6, 6.07) is 5.93. The van der Waals surface area contributed by atoms with Gasteiger partial charge in [-0.25, -0.2) is 0 Å². The largest absolute Gasteiger partial charge is 0.508 e. The SMILES string of the molecule is Oc1cccc2c1CCCNC21CC1. The lowest BCUT2D eigenvalue weighted by Gasteiger charge is -2.17. The smallest absolute Gasteiger partial charge is 0.119 e. The third kappa shape index (κ3) is 1.07. The van der Waals surface area contributed by atoms with Crippen molar-refractivity contribution in [2.45, 2.75) is 31.2 Å². The van der Waals surface area contributed by atoms with Crippen LogP contribution < -0.4 is 5.32 Å². The Morgan fingerprint density at radius 2 is 2.14 bits per heavy atom. The van der Waals surface area contributed by atoms with Crippen molar-refractivity contribution >= 4 is 0 Å². The molecule has 0 aromatic heterocycles. The molecule has 14 heavy (non-hydrogen) atoms. The van der Waals surface area contributed by atoms with Crippen molar-refractivity contribution in [3.8, 4) is 5.75 Å². The normalized spacial score (nSPS) is 22.9. The van der Waals surface area contributed by atoms with Crippen molar-refractivity contribution in [2.24, 2.45) is 0 Å². The van der Waals surface area contributed by atoms with Gasteiger partial charge in [0.1, 0.15) is 5.75 Å². The van der Waals surface area contributed by atoms with E-state index in [0.29, 0.717) is 5.75 Å². The summed E-state index contributed by atoms with van der Waals surface area (Å²) >= 11 is 0. The van der Waals surface area contributed by atoms with Crippen LogP contribution in [0.5, 0.6) is 5.75 Å². The number of benzene rings is 1. The monoisotopic (exact) mass is 189 g/mol. The summed E-state index contributed by atoms with van der Waals surface area (Å²) in [4.78, 5) is 0. The standard InChI is InChI=1S/C12H15NO/c14-11-5-1-4-10-9(11)3-2-8-13-12(10)6-7-12/h1,4-5,13-14H,2-3,6-8H2. The van der Waals surface area contributed by atoms with E-state index < -0.39 is 0 Å². The molecule has 1 aromatic rings. The maximum atomic E-state index is 9.81. The molecule has 1 aliphatic heterocycles. The second-order valence-corrected chi connectivity index (χ2v) is 4.42. The van der Waals surface area contributed by atoms with E-state index in [4.69, 9.17) is 0 Å². The first-order valence-electron chi connectivity index (χ1n) is 5.38. The minimum Gasteiger partial charge on any atom is -0.508 e. The summed E-state index contributed by atoms with van der Waals surface area (Å²) in [6.45, 7) is 1.08. The molecule has 0 bridgehead atoms. The van der Waals surface area contributed by atoms with Gasteiger partial charge in [0.2, 0.25) is 0 Å². The molecular formula is C12H15NO. The quantitative estimate of drug-likeness (QED) is 0.653. The fraction of sp³-hybridized carbons (Fsp3) is 0.500. The third-order valence-electron chi connectivity index (χ3n) is 3.48. The Morgan fingerprint density at radius 3 is 2.93 bits per heavy atom. The van der Waals surface area contributed by atoms with Crippen LogP contribution in [-0.2, 0) is 12.0 Å². The molecule has 1 fully saturated rings. The Morgan fingerprint density at radius 1 is 1.29 bits per heavy atom. The van der Waals surface area contributed by atoms with Crippen LogP contribution in [0.15, 0.2) is 18.2 Å². The summed E-state index contributed by atoms with van der Waals surface area (Å²) in [5, 5.41) is 13.4. The van der Waals surface area contributed by atoms with Crippen LogP contribution in [0.2, 0.25) is 0 Å². The van der Waals surface area contributed by atoms with Crippen molar-refractivity contribution in [1.82, 2.24) is 5.32 Å². The Labute approximate surface area is 84.0 Å². The first-order chi connectivity index (χ1) is 6.82. The fourth-order valence-electron chi connectivity index (χ4n) is 2.54. The molecule has 1 heterocycles. The van der Waals surface area contributed by atoms with Crippen LogP contribution in [0, 0.1) is 0 Å². The van der Waals surface area contributed by atoms with Crippen molar-refractivity contribution in [3.63, 3.8) is 0 Å². The van der Waals surface area contributed by atoms with Crippen molar-refractivity contribution in [3.05, 3.63) is 29.3 Å². The molecule has 3 rings (SSSR count). The molecule has 74 valence electrons. The number of aromatic hydroxyl groups is 1. The molecule has 2 aliphatic rings. The van der Waals surface area contributed by atoms with Gasteiger partial charge in [-0.3, -0.25) is 0 Å². The van der Waals surface area contributed by atoms with E-state index in [-0.39, 0.29) is 5.54 Å². The predicted molar refractivity (Wildman–Crippen MR) is 55.3 cm³/mol. The van der Waals surface area contributed by atoms with Crippen LogP contribution in [0.25, 0.3) is 0 Å². The van der Waals surface area contributed by atoms with E-state index in [9.17, 15) is 5.11 Å². The Balaban J connectivity index is 2.16. The van der Waals surface area contributed by atoms with Crippen molar-refractivity contribution < 1.29 is 5.11 Å². The first-order valence-corrected chi connectivity index (χ1v) is 5.38. The van der Waals surface area contributed by atoms with E-state index in [0.717, 1.165) is 19.4 Å². The van der Waals surface area contributed by atoms with Gasteiger partial charge in [-0.15, -0.1) is 0 Å². The van der Waals surface area contributed by atoms with Crippen LogP contribution >= 0.6 is 0 Å². The number of nitrogens with one attached hydrogen (secondary N) is 1. The van der Waals surface area contributed by atoms with Crippen LogP contribution in [0.4, 0.5) is 0 Å². The summed E-state index contributed by atoms with van der Waals surface area (Å²) in [7, 11) is 0. The molecule has 1 aliphatic carbocycles. The molecule has 0 unspecified atom stereocenters. The zero-order valence-electron chi connectivity index (χ0n) is 8.21. The topological polar surface area (TPSA) is 32.3 Å². The van der Waals surface area contributed by atoms with E-state index in [1.54, 1.807) is 6.07 Å². The Hall–Kier alpha value is -1.02. The lowest BCUT2D eigenvalue weighted by Crippen LogP contribution is -2.28. The average Bonchev–Trinajstić information content (AvgIpc) is 2.97. The fourth-order valence-corrected chi connectivity index (χ4v) is 2.54. The summed E-state index contributed by atoms with van der Waals surface area (Å²) < 4.78 is 0. The molecule has 0 saturated heterocycles. The molecule has 1 spiro atoms. The van der Waals surface area contributed by atoms with Crippen LogP contribution in [0.3, 0.4) is 0 Å². The van der Waals surface area contributed by atoms with Gasteiger partial charge in [-0.05, 0) is 49.4 Å².